The summed E-state index contributed by atoms with van der Waals surface area (Å²) >= 11 is 0. The maximum absolute atomic E-state index is 13.2. The molecule has 0 bridgehead atoms. The summed E-state index contributed by atoms with van der Waals surface area (Å²) in [5, 5.41) is 2.77. The van der Waals surface area contributed by atoms with Crippen molar-refractivity contribution in [1.29, 1.82) is 0 Å². The Hall–Kier alpha value is -3.34. The predicted molar refractivity (Wildman–Crippen MR) is 97.7 cm³/mol. The molecule has 0 aliphatic heterocycles. The van der Waals surface area contributed by atoms with E-state index in [9.17, 15) is 9.18 Å². The van der Waals surface area contributed by atoms with E-state index in [1.54, 1.807) is 48.5 Å². The van der Waals surface area contributed by atoms with Gasteiger partial charge in [0.05, 0.1) is 5.69 Å². The van der Waals surface area contributed by atoms with Gasteiger partial charge in [-0.05, 0) is 42.0 Å². The lowest BCUT2D eigenvalue weighted by Gasteiger charge is -2.13. The summed E-state index contributed by atoms with van der Waals surface area (Å²) in [5.74, 6) is 0.518. The van der Waals surface area contributed by atoms with Gasteiger partial charge in [0.15, 0.2) is 6.61 Å². The lowest BCUT2D eigenvalue weighted by Crippen LogP contribution is -2.20. The zero-order chi connectivity index (χ0) is 18.2. The number of nitrogens with one attached hydrogen (secondary N) is 1. The minimum Gasteiger partial charge on any atom is -0.487 e. The number of amides is 1. The van der Waals surface area contributed by atoms with E-state index in [1.807, 2.05) is 18.2 Å². The summed E-state index contributed by atoms with van der Waals surface area (Å²) in [6.07, 6.45) is 0. The first kappa shape index (κ1) is 17.5. The number of rotatable bonds is 7. The molecule has 3 aromatic carbocycles. The Bertz CT molecular complexity index is 868. The molecule has 1 amide bonds. The zero-order valence-corrected chi connectivity index (χ0v) is 14.0. The number of carbonyl (C=O) groups excluding carboxylic acids is 1. The zero-order valence-electron chi connectivity index (χ0n) is 14.0. The van der Waals surface area contributed by atoms with E-state index >= 15 is 0 Å². The molecule has 0 fully saturated rings. The average molecular weight is 351 g/mol. The first-order chi connectivity index (χ1) is 12.7. The molecule has 0 saturated heterocycles. The molecule has 0 aliphatic carbocycles. The Morgan fingerprint density at radius 3 is 2.46 bits per heavy atom. The highest BCUT2D eigenvalue weighted by atomic mass is 19.1. The fourth-order valence-electron chi connectivity index (χ4n) is 2.34. The highest BCUT2D eigenvalue weighted by molar-refractivity contribution is 5.93. The van der Waals surface area contributed by atoms with Gasteiger partial charge in [-0.15, -0.1) is 0 Å². The third kappa shape index (κ3) is 5.08. The van der Waals surface area contributed by atoms with Gasteiger partial charge in [0.2, 0.25) is 0 Å². The van der Waals surface area contributed by atoms with Gasteiger partial charge in [-0.1, -0.05) is 42.5 Å². The lowest BCUT2D eigenvalue weighted by atomic mass is 10.2. The number of hydrogen-bond acceptors (Lipinski definition) is 3. The molecule has 0 aromatic heterocycles. The summed E-state index contributed by atoms with van der Waals surface area (Å²) in [4.78, 5) is 12.1. The molecular formula is C21H18FNO3. The van der Waals surface area contributed by atoms with Gasteiger partial charge in [0.1, 0.15) is 23.9 Å². The van der Waals surface area contributed by atoms with Crippen LogP contribution < -0.4 is 14.8 Å². The number of halogens is 1. The van der Waals surface area contributed by atoms with Crippen molar-refractivity contribution in [2.75, 3.05) is 11.9 Å². The highest BCUT2D eigenvalue weighted by Gasteiger charge is 2.09. The Morgan fingerprint density at radius 1 is 0.885 bits per heavy atom. The maximum Gasteiger partial charge on any atom is 0.262 e. The van der Waals surface area contributed by atoms with Gasteiger partial charge >= 0.3 is 0 Å². The third-order valence-corrected chi connectivity index (χ3v) is 3.56. The van der Waals surface area contributed by atoms with Crippen LogP contribution in [0.15, 0.2) is 78.9 Å². The van der Waals surface area contributed by atoms with Crippen LogP contribution >= 0.6 is 0 Å². The number of ether oxygens (including phenoxy) is 2. The molecule has 1 N–H and O–H groups in total. The number of para-hydroxylation sites is 3. The summed E-state index contributed by atoms with van der Waals surface area (Å²) in [6, 6.07) is 22.4. The first-order valence-electron chi connectivity index (χ1n) is 8.15. The molecular weight excluding hydrogens is 333 g/mol. The maximum atomic E-state index is 13.2. The van der Waals surface area contributed by atoms with Crippen LogP contribution in [0.25, 0.3) is 0 Å². The molecule has 0 aliphatic rings. The second kappa shape index (κ2) is 8.67. The van der Waals surface area contributed by atoms with E-state index in [-0.39, 0.29) is 24.9 Å². The predicted octanol–water partition coefficient (Wildman–Crippen LogP) is 4.42. The lowest BCUT2D eigenvalue weighted by molar-refractivity contribution is -0.118. The van der Waals surface area contributed by atoms with E-state index in [0.717, 1.165) is 0 Å². The summed E-state index contributed by atoms with van der Waals surface area (Å²) in [6.45, 7) is 0.0907. The van der Waals surface area contributed by atoms with Gasteiger partial charge in [0.25, 0.3) is 5.91 Å². The normalized spacial score (nSPS) is 10.2. The number of anilines is 1. The molecule has 4 nitrogen and oxygen atoms in total. The van der Waals surface area contributed by atoms with E-state index < -0.39 is 0 Å². The molecule has 5 heteroatoms. The molecule has 0 spiro atoms. The van der Waals surface area contributed by atoms with Crippen LogP contribution in [-0.4, -0.2) is 12.5 Å². The van der Waals surface area contributed by atoms with Crippen molar-refractivity contribution >= 4 is 11.6 Å². The SMILES string of the molecule is O=C(COc1ccccc1)Nc1ccccc1OCc1cccc(F)c1. The fourth-order valence-corrected chi connectivity index (χ4v) is 2.34. The summed E-state index contributed by atoms with van der Waals surface area (Å²) in [7, 11) is 0. The smallest absolute Gasteiger partial charge is 0.262 e. The molecule has 0 atom stereocenters. The van der Waals surface area contributed by atoms with E-state index in [4.69, 9.17) is 9.47 Å². The summed E-state index contributed by atoms with van der Waals surface area (Å²) in [5.41, 5.74) is 1.24. The largest absolute Gasteiger partial charge is 0.487 e. The second-order valence-electron chi connectivity index (χ2n) is 5.56. The monoisotopic (exact) mass is 351 g/mol. The van der Waals surface area contributed by atoms with Crippen LogP contribution in [0.5, 0.6) is 11.5 Å². The van der Waals surface area contributed by atoms with Gasteiger partial charge in [-0.3, -0.25) is 4.79 Å². The molecule has 26 heavy (non-hydrogen) atoms. The minimum absolute atomic E-state index is 0.109. The fraction of sp³-hybridized carbons (Fsp3) is 0.0952. The van der Waals surface area contributed by atoms with Crippen LogP contribution in [0.2, 0.25) is 0 Å². The number of hydrogen-bond donors (Lipinski definition) is 1. The number of benzene rings is 3. The summed E-state index contributed by atoms with van der Waals surface area (Å²) < 4.78 is 24.4. The van der Waals surface area contributed by atoms with E-state index in [2.05, 4.69) is 5.32 Å². The average Bonchev–Trinajstić information content (AvgIpc) is 2.67. The van der Waals surface area contributed by atoms with Crippen LogP contribution in [0.3, 0.4) is 0 Å². The standard InChI is InChI=1S/C21H18FNO3/c22-17-8-6-7-16(13-17)14-26-20-12-5-4-11-19(20)23-21(24)15-25-18-9-2-1-3-10-18/h1-13H,14-15H2,(H,23,24). The van der Waals surface area contributed by atoms with E-state index in [1.165, 1.54) is 12.1 Å². The quantitative estimate of drug-likeness (QED) is 0.685. The Labute approximate surface area is 151 Å². The van der Waals surface area contributed by atoms with Crippen molar-refractivity contribution in [2.45, 2.75) is 6.61 Å². The van der Waals surface area contributed by atoms with Crippen LogP contribution in [-0.2, 0) is 11.4 Å². The minimum atomic E-state index is -0.314. The van der Waals surface area contributed by atoms with Crippen molar-refractivity contribution in [2.24, 2.45) is 0 Å². The number of carbonyl (C=O) groups is 1. The van der Waals surface area contributed by atoms with Crippen molar-refractivity contribution in [1.82, 2.24) is 0 Å². The van der Waals surface area contributed by atoms with Gasteiger partial charge < -0.3 is 14.8 Å². The highest BCUT2D eigenvalue weighted by Crippen LogP contribution is 2.25. The molecule has 3 rings (SSSR count). The molecule has 0 heterocycles. The Kier molecular flexibility index (Phi) is 5.83. The molecule has 3 aromatic rings. The van der Waals surface area contributed by atoms with Crippen LogP contribution in [0.1, 0.15) is 5.56 Å². The van der Waals surface area contributed by atoms with Gasteiger partial charge in [0, 0.05) is 0 Å². The third-order valence-electron chi connectivity index (χ3n) is 3.56. The van der Waals surface area contributed by atoms with Crippen molar-refractivity contribution in [3.63, 3.8) is 0 Å². The Morgan fingerprint density at radius 2 is 1.65 bits per heavy atom. The van der Waals surface area contributed by atoms with Crippen molar-refractivity contribution in [3.05, 3.63) is 90.2 Å². The molecule has 0 radical (unpaired) electrons. The van der Waals surface area contributed by atoms with Gasteiger partial charge in [-0.25, -0.2) is 4.39 Å². The first-order valence-corrected chi connectivity index (χ1v) is 8.15. The van der Waals surface area contributed by atoms with Gasteiger partial charge in [-0.2, -0.15) is 0 Å². The van der Waals surface area contributed by atoms with E-state index in [0.29, 0.717) is 22.7 Å². The van der Waals surface area contributed by atoms with Crippen molar-refractivity contribution in [3.8, 4) is 11.5 Å². The molecule has 0 unspecified atom stereocenters. The second-order valence-corrected chi connectivity index (χ2v) is 5.56. The van der Waals surface area contributed by atoms with Crippen LogP contribution in [0, 0.1) is 5.82 Å². The molecule has 132 valence electrons. The Balaban J connectivity index is 1.58. The molecule has 0 saturated carbocycles. The topological polar surface area (TPSA) is 47.6 Å². The van der Waals surface area contributed by atoms with Crippen LogP contribution in [0.4, 0.5) is 10.1 Å². The van der Waals surface area contributed by atoms with Crippen molar-refractivity contribution < 1.29 is 18.7 Å².